The first-order valence-electron chi connectivity index (χ1n) is 9.92. The van der Waals surface area contributed by atoms with E-state index in [-0.39, 0.29) is 6.61 Å². The molecule has 2 aromatic rings. The van der Waals surface area contributed by atoms with Gasteiger partial charge in [0.15, 0.2) is 0 Å². The van der Waals surface area contributed by atoms with Gasteiger partial charge in [-0.3, -0.25) is 4.90 Å². The number of hydrogen-bond donors (Lipinski definition) is 1. The van der Waals surface area contributed by atoms with Gasteiger partial charge in [-0.1, -0.05) is 60.7 Å². The molecule has 156 valence electrons. The van der Waals surface area contributed by atoms with Crippen molar-refractivity contribution in [2.75, 3.05) is 6.61 Å². The van der Waals surface area contributed by atoms with E-state index >= 15 is 0 Å². The van der Waals surface area contributed by atoms with Crippen LogP contribution in [0.5, 0.6) is 0 Å². The Labute approximate surface area is 173 Å². The molecule has 2 aromatic carbocycles. The summed E-state index contributed by atoms with van der Waals surface area (Å²) < 4.78 is 11.8. The van der Waals surface area contributed by atoms with Gasteiger partial charge in [0.05, 0.1) is 6.61 Å². The first-order chi connectivity index (χ1) is 13.4. The first-order valence-corrected chi connectivity index (χ1v) is 9.92. The van der Waals surface area contributed by atoms with Gasteiger partial charge < -0.3 is 14.6 Å². The van der Waals surface area contributed by atoms with Crippen LogP contribution in [0, 0.1) is 0 Å². The van der Waals surface area contributed by atoms with Crippen LogP contribution in [0.2, 0.25) is 0 Å². The quantitative estimate of drug-likeness (QED) is 0.817. The number of benzene rings is 2. The predicted molar refractivity (Wildman–Crippen MR) is 112 cm³/mol. The highest BCUT2D eigenvalue weighted by atomic mass is 16.6. The Hall–Kier alpha value is -2.37. The molecule has 1 N–H and O–H groups in total. The summed E-state index contributed by atoms with van der Waals surface area (Å²) in [6.07, 6.45) is -0.521. The van der Waals surface area contributed by atoms with Crippen molar-refractivity contribution < 1.29 is 19.4 Å². The summed E-state index contributed by atoms with van der Waals surface area (Å²) in [5.74, 6) is 0. The smallest absolute Gasteiger partial charge is 0.413 e. The van der Waals surface area contributed by atoms with Crippen LogP contribution in [-0.4, -0.2) is 39.6 Å². The molecular formula is C24H31NO4. The number of hydrogen-bond acceptors (Lipinski definition) is 4. The maximum Gasteiger partial charge on any atom is 0.413 e. The van der Waals surface area contributed by atoms with Gasteiger partial charge in [0.25, 0.3) is 0 Å². The van der Waals surface area contributed by atoms with E-state index < -0.39 is 28.6 Å². The molecule has 1 aliphatic rings. The van der Waals surface area contributed by atoms with E-state index in [0.29, 0.717) is 11.1 Å². The standard InChI is InChI=1S/C24H31NO4/c1-21(2,3)29-20(26)25-22(4,5)28-17-23(25,6)24(27,18-13-9-7-10-14-18)19-15-11-8-12-16-19/h7-16,27H,17H2,1-6H3. The summed E-state index contributed by atoms with van der Waals surface area (Å²) in [4.78, 5) is 14.9. The van der Waals surface area contributed by atoms with Gasteiger partial charge in [-0.2, -0.15) is 0 Å². The Morgan fingerprint density at radius 3 is 1.83 bits per heavy atom. The Kier molecular flexibility index (Phi) is 5.26. The summed E-state index contributed by atoms with van der Waals surface area (Å²) in [6.45, 7) is 11.1. The molecule has 1 heterocycles. The molecular weight excluding hydrogens is 366 g/mol. The lowest BCUT2D eigenvalue weighted by Gasteiger charge is -2.49. The number of nitrogens with zero attached hydrogens (tertiary/aromatic N) is 1. The Balaban J connectivity index is 2.22. The van der Waals surface area contributed by atoms with Crippen LogP contribution in [0.3, 0.4) is 0 Å². The van der Waals surface area contributed by atoms with Crippen molar-refractivity contribution in [1.82, 2.24) is 4.90 Å². The number of aliphatic hydroxyl groups is 1. The van der Waals surface area contributed by atoms with E-state index in [1.165, 1.54) is 0 Å². The molecule has 1 amide bonds. The van der Waals surface area contributed by atoms with E-state index in [2.05, 4.69) is 0 Å². The monoisotopic (exact) mass is 397 g/mol. The molecule has 1 unspecified atom stereocenters. The van der Waals surface area contributed by atoms with Crippen LogP contribution in [-0.2, 0) is 15.1 Å². The third kappa shape index (κ3) is 3.65. The summed E-state index contributed by atoms with van der Waals surface area (Å²) in [5.41, 5.74) is -2.88. The predicted octanol–water partition coefficient (Wildman–Crippen LogP) is 4.68. The Morgan fingerprint density at radius 1 is 0.966 bits per heavy atom. The van der Waals surface area contributed by atoms with Crippen LogP contribution in [0.15, 0.2) is 60.7 Å². The fraction of sp³-hybridized carbons (Fsp3) is 0.458. The summed E-state index contributed by atoms with van der Waals surface area (Å²) in [7, 11) is 0. The lowest BCUT2D eigenvalue weighted by atomic mass is 9.71. The molecule has 5 nitrogen and oxygen atoms in total. The Morgan fingerprint density at radius 2 is 1.41 bits per heavy atom. The zero-order valence-electron chi connectivity index (χ0n) is 18.1. The molecule has 0 radical (unpaired) electrons. The fourth-order valence-corrected chi connectivity index (χ4v) is 4.18. The van der Waals surface area contributed by atoms with Crippen LogP contribution in [0.25, 0.3) is 0 Å². The highest BCUT2D eigenvalue weighted by Gasteiger charge is 2.63. The number of carbonyl (C=O) groups excluding carboxylic acids is 1. The van der Waals surface area contributed by atoms with E-state index in [0.717, 1.165) is 0 Å². The van der Waals surface area contributed by atoms with Gasteiger partial charge in [0.1, 0.15) is 22.5 Å². The van der Waals surface area contributed by atoms with Gasteiger partial charge in [0, 0.05) is 0 Å². The maximum absolute atomic E-state index is 13.3. The Bertz CT molecular complexity index is 818. The van der Waals surface area contributed by atoms with Crippen molar-refractivity contribution in [2.24, 2.45) is 0 Å². The molecule has 5 heteroatoms. The topological polar surface area (TPSA) is 59.0 Å². The molecule has 1 saturated heterocycles. The molecule has 0 aromatic heterocycles. The van der Waals surface area contributed by atoms with Crippen LogP contribution in [0.4, 0.5) is 4.79 Å². The maximum atomic E-state index is 13.3. The molecule has 0 saturated carbocycles. The van der Waals surface area contributed by atoms with E-state index in [9.17, 15) is 9.90 Å². The molecule has 1 fully saturated rings. The van der Waals surface area contributed by atoms with Crippen molar-refractivity contribution in [3.8, 4) is 0 Å². The van der Waals surface area contributed by atoms with Crippen LogP contribution in [0.1, 0.15) is 52.7 Å². The average Bonchev–Trinajstić information content (AvgIpc) is 2.91. The molecule has 1 aliphatic heterocycles. The van der Waals surface area contributed by atoms with E-state index in [1.54, 1.807) is 4.90 Å². The second kappa shape index (κ2) is 7.15. The average molecular weight is 398 g/mol. The lowest BCUT2D eigenvalue weighted by Crippen LogP contribution is -2.65. The fourth-order valence-electron chi connectivity index (χ4n) is 4.18. The molecule has 0 spiro atoms. The number of amides is 1. The van der Waals surface area contributed by atoms with Crippen LogP contribution < -0.4 is 0 Å². The molecule has 1 atom stereocenters. The summed E-state index contributed by atoms with van der Waals surface area (Å²) in [5, 5.41) is 12.3. The zero-order valence-corrected chi connectivity index (χ0v) is 18.1. The van der Waals surface area contributed by atoms with Crippen molar-refractivity contribution in [3.05, 3.63) is 71.8 Å². The minimum Gasteiger partial charge on any atom is -0.444 e. The normalized spacial score (nSPS) is 21.8. The third-order valence-electron chi connectivity index (χ3n) is 5.48. The van der Waals surface area contributed by atoms with Gasteiger partial charge >= 0.3 is 6.09 Å². The van der Waals surface area contributed by atoms with Crippen LogP contribution >= 0.6 is 0 Å². The molecule has 0 aliphatic carbocycles. The second-order valence-electron chi connectivity index (χ2n) is 9.27. The van der Waals surface area contributed by atoms with Crippen molar-refractivity contribution in [3.63, 3.8) is 0 Å². The van der Waals surface area contributed by atoms with E-state index in [4.69, 9.17) is 9.47 Å². The second-order valence-corrected chi connectivity index (χ2v) is 9.27. The summed E-state index contributed by atoms with van der Waals surface area (Å²) in [6, 6.07) is 18.8. The minimum absolute atomic E-state index is 0.152. The molecule has 29 heavy (non-hydrogen) atoms. The number of ether oxygens (including phenoxy) is 2. The molecule has 3 rings (SSSR count). The van der Waals surface area contributed by atoms with Gasteiger partial charge in [-0.25, -0.2) is 4.79 Å². The third-order valence-corrected chi connectivity index (χ3v) is 5.48. The summed E-state index contributed by atoms with van der Waals surface area (Å²) >= 11 is 0. The largest absolute Gasteiger partial charge is 0.444 e. The highest BCUT2D eigenvalue weighted by molar-refractivity contribution is 5.71. The van der Waals surface area contributed by atoms with Gasteiger partial charge in [-0.15, -0.1) is 0 Å². The van der Waals surface area contributed by atoms with E-state index in [1.807, 2.05) is 102 Å². The van der Waals surface area contributed by atoms with Crippen molar-refractivity contribution >= 4 is 6.09 Å². The number of rotatable bonds is 3. The zero-order chi connectivity index (χ0) is 21.5. The SMILES string of the molecule is CC(C)(C)OC(=O)N1C(C)(C)OCC1(C)C(O)(c1ccccc1)c1ccccc1. The highest BCUT2D eigenvalue weighted by Crippen LogP contribution is 2.50. The van der Waals surface area contributed by atoms with Gasteiger partial charge in [0.2, 0.25) is 0 Å². The minimum atomic E-state index is -1.51. The lowest BCUT2D eigenvalue weighted by molar-refractivity contribution is -0.0999. The van der Waals surface area contributed by atoms with Gasteiger partial charge in [-0.05, 0) is 52.7 Å². The van der Waals surface area contributed by atoms with Crippen molar-refractivity contribution in [2.45, 2.75) is 64.0 Å². The molecule has 0 bridgehead atoms. The number of carbonyl (C=O) groups is 1. The first kappa shape index (κ1) is 21.3. The van der Waals surface area contributed by atoms with Crippen molar-refractivity contribution in [1.29, 1.82) is 0 Å².